The minimum atomic E-state index is -2.81. The van der Waals surface area contributed by atoms with Crippen LogP contribution in [0.15, 0.2) is 46.2 Å². The number of rotatable bonds is 5. The molecule has 1 aromatic carbocycles. The zero-order chi connectivity index (χ0) is 18.7. The molecule has 0 aliphatic rings. The van der Waals surface area contributed by atoms with E-state index in [1.54, 1.807) is 42.1 Å². The average molecular weight is 360 g/mol. The van der Waals surface area contributed by atoms with Crippen LogP contribution >= 0.6 is 0 Å². The summed E-state index contributed by atoms with van der Waals surface area (Å²) in [6.45, 7) is 0. The number of benzene rings is 1. The van der Waals surface area contributed by atoms with Crippen LogP contribution in [0.3, 0.4) is 0 Å². The summed E-state index contributed by atoms with van der Waals surface area (Å²) in [5.74, 6) is -0.798. The third kappa shape index (κ3) is 3.63. The van der Waals surface area contributed by atoms with E-state index >= 15 is 0 Å². The fourth-order valence-electron chi connectivity index (χ4n) is 2.07. The largest absolute Gasteiger partial charge is 0.415 e. The van der Waals surface area contributed by atoms with E-state index in [2.05, 4.69) is 20.3 Å². The van der Waals surface area contributed by atoms with Crippen molar-refractivity contribution in [3.63, 3.8) is 0 Å². The van der Waals surface area contributed by atoms with Crippen molar-refractivity contribution >= 4 is 12.1 Å². The lowest BCUT2D eigenvalue weighted by Crippen LogP contribution is -2.24. The maximum Gasteiger partial charge on any atom is 0.314 e. The number of halogens is 2. The SMILES string of the molecule is CN(/N=C/c1ccc(-c2nnc(C(F)F)o2)cc1)C(=O)c1nccn1C. The van der Waals surface area contributed by atoms with Gasteiger partial charge in [0.05, 0.1) is 6.21 Å². The van der Waals surface area contributed by atoms with Crippen molar-refractivity contribution in [3.8, 4) is 11.5 Å². The Kier molecular flexibility index (Phi) is 4.83. The Labute approximate surface area is 146 Å². The van der Waals surface area contributed by atoms with Crippen LogP contribution in [0.4, 0.5) is 8.78 Å². The molecule has 134 valence electrons. The Bertz CT molecular complexity index is 932. The van der Waals surface area contributed by atoms with Crippen LogP contribution in [0.5, 0.6) is 0 Å². The summed E-state index contributed by atoms with van der Waals surface area (Å²) >= 11 is 0. The zero-order valence-electron chi connectivity index (χ0n) is 13.9. The van der Waals surface area contributed by atoms with Crippen molar-refractivity contribution < 1.29 is 18.0 Å². The summed E-state index contributed by atoms with van der Waals surface area (Å²) in [4.78, 5) is 16.2. The zero-order valence-corrected chi connectivity index (χ0v) is 13.9. The Hall–Kier alpha value is -3.43. The number of carbonyl (C=O) groups is 1. The lowest BCUT2D eigenvalue weighted by molar-refractivity contribution is 0.0784. The second-order valence-corrected chi connectivity index (χ2v) is 5.30. The van der Waals surface area contributed by atoms with Gasteiger partial charge >= 0.3 is 12.3 Å². The highest BCUT2D eigenvalue weighted by Crippen LogP contribution is 2.23. The van der Waals surface area contributed by atoms with E-state index in [-0.39, 0.29) is 17.6 Å². The molecule has 0 aliphatic heterocycles. The Morgan fingerprint density at radius 1 is 1.31 bits per heavy atom. The van der Waals surface area contributed by atoms with Gasteiger partial charge in [-0.2, -0.15) is 13.9 Å². The van der Waals surface area contributed by atoms with E-state index in [1.165, 1.54) is 24.5 Å². The van der Waals surface area contributed by atoms with E-state index in [4.69, 9.17) is 4.42 Å². The predicted molar refractivity (Wildman–Crippen MR) is 87.6 cm³/mol. The molecular weight excluding hydrogens is 346 g/mol. The van der Waals surface area contributed by atoms with Gasteiger partial charge in [0, 0.05) is 32.1 Å². The van der Waals surface area contributed by atoms with E-state index < -0.39 is 12.3 Å². The fraction of sp³-hybridized carbons (Fsp3) is 0.188. The van der Waals surface area contributed by atoms with Gasteiger partial charge in [-0.25, -0.2) is 9.99 Å². The first-order valence-electron chi connectivity index (χ1n) is 7.47. The van der Waals surface area contributed by atoms with Gasteiger partial charge in [0.15, 0.2) is 0 Å². The molecule has 0 atom stereocenters. The molecule has 3 rings (SSSR count). The first-order valence-corrected chi connectivity index (χ1v) is 7.47. The molecule has 0 radical (unpaired) electrons. The first-order chi connectivity index (χ1) is 12.5. The molecule has 0 unspecified atom stereocenters. The number of aromatic nitrogens is 4. The number of amides is 1. The molecule has 26 heavy (non-hydrogen) atoms. The van der Waals surface area contributed by atoms with Crippen molar-refractivity contribution in [1.82, 2.24) is 24.8 Å². The van der Waals surface area contributed by atoms with Crippen molar-refractivity contribution in [1.29, 1.82) is 0 Å². The third-order valence-corrected chi connectivity index (χ3v) is 3.47. The van der Waals surface area contributed by atoms with Crippen molar-refractivity contribution in [2.24, 2.45) is 12.1 Å². The maximum absolute atomic E-state index is 12.5. The minimum absolute atomic E-state index is 0.00543. The number of alkyl halides is 2. The van der Waals surface area contributed by atoms with Crippen molar-refractivity contribution in [3.05, 3.63) is 53.9 Å². The van der Waals surface area contributed by atoms with Gasteiger partial charge in [0.1, 0.15) is 0 Å². The molecule has 0 fully saturated rings. The van der Waals surface area contributed by atoms with Gasteiger partial charge in [-0.05, 0) is 17.7 Å². The highest BCUT2D eigenvalue weighted by atomic mass is 19.3. The standard InChI is InChI=1S/C16H14F2N6O2/c1-23-8-7-19-13(23)16(25)24(2)20-9-10-3-5-11(6-4-10)14-21-22-15(26-14)12(17)18/h3-9,12H,1-2H3/b20-9+. The number of hydrazone groups is 1. The molecule has 1 amide bonds. The third-order valence-electron chi connectivity index (χ3n) is 3.47. The summed E-state index contributed by atoms with van der Waals surface area (Å²) < 4.78 is 31.4. The van der Waals surface area contributed by atoms with Crippen molar-refractivity contribution in [2.75, 3.05) is 7.05 Å². The van der Waals surface area contributed by atoms with Crippen LogP contribution in [0.25, 0.3) is 11.5 Å². The topological polar surface area (TPSA) is 89.4 Å². The first kappa shape index (κ1) is 17.4. The van der Waals surface area contributed by atoms with E-state index in [0.717, 1.165) is 0 Å². The van der Waals surface area contributed by atoms with Crippen LogP contribution in [0.1, 0.15) is 28.5 Å². The van der Waals surface area contributed by atoms with Crippen LogP contribution in [-0.4, -0.2) is 43.9 Å². The molecule has 0 saturated heterocycles. The molecular formula is C16H14F2N6O2. The molecule has 0 bridgehead atoms. The molecule has 0 aliphatic carbocycles. The van der Waals surface area contributed by atoms with Gasteiger partial charge in [0.25, 0.3) is 5.89 Å². The second-order valence-electron chi connectivity index (χ2n) is 5.30. The molecule has 0 spiro atoms. The number of hydrogen-bond acceptors (Lipinski definition) is 6. The molecule has 2 aromatic heterocycles. The van der Waals surface area contributed by atoms with Gasteiger partial charge in [0.2, 0.25) is 11.7 Å². The summed E-state index contributed by atoms with van der Waals surface area (Å²) in [7, 11) is 3.24. The lowest BCUT2D eigenvalue weighted by atomic mass is 10.1. The van der Waals surface area contributed by atoms with Crippen LogP contribution in [0.2, 0.25) is 0 Å². The normalized spacial score (nSPS) is 11.4. The summed E-state index contributed by atoms with van der Waals surface area (Å²) in [5, 5.41) is 12.1. The highest BCUT2D eigenvalue weighted by Gasteiger charge is 2.17. The molecule has 0 N–H and O–H groups in total. The monoisotopic (exact) mass is 360 g/mol. The molecule has 0 saturated carbocycles. The number of hydrogen-bond donors (Lipinski definition) is 0. The molecule has 2 heterocycles. The van der Waals surface area contributed by atoms with Crippen LogP contribution in [0, 0.1) is 0 Å². The number of carbonyl (C=O) groups excluding carboxylic acids is 1. The molecule has 8 nitrogen and oxygen atoms in total. The Morgan fingerprint density at radius 2 is 2.04 bits per heavy atom. The second kappa shape index (κ2) is 7.21. The highest BCUT2D eigenvalue weighted by molar-refractivity contribution is 5.91. The minimum Gasteiger partial charge on any atom is -0.415 e. The maximum atomic E-state index is 12.5. The van der Waals surface area contributed by atoms with Gasteiger partial charge < -0.3 is 8.98 Å². The molecule has 10 heteroatoms. The van der Waals surface area contributed by atoms with E-state index in [0.29, 0.717) is 11.1 Å². The van der Waals surface area contributed by atoms with Gasteiger partial charge in [-0.15, -0.1) is 10.2 Å². The van der Waals surface area contributed by atoms with E-state index in [9.17, 15) is 13.6 Å². The summed E-state index contributed by atoms with van der Waals surface area (Å²) in [6.07, 6.45) is 1.87. The van der Waals surface area contributed by atoms with Gasteiger partial charge in [-0.3, -0.25) is 4.79 Å². The van der Waals surface area contributed by atoms with E-state index in [1.807, 2.05) is 0 Å². The summed E-state index contributed by atoms with van der Waals surface area (Å²) in [5.41, 5.74) is 1.20. The number of nitrogens with zero attached hydrogens (tertiary/aromatic N) is 6. The predicted octanol–water partition coefficient (Wildman–Crippen LogP) is 2.51. The number of imidazole rings is 1. The summed E-state index contributed by atoms with van der Waals surface area (Å²) in [6, 6.07) is 6.63. The average Bonchev–Trinajstić information content (AvgIpc) is 3.28. The van der Waals surface area contributed by atoms with Crippen LogP contribution < -0.4 is 0 Å². The Balaban J connectivity index is 1.69. The van der Waals surface area contributed by atoms with Crippen LogP contribution in [-0.2, 0) is 7.05 Å². The quantitative estimate of drug-likeness (QED) is 0.515. The fourth-order valence-corrected chi connectivity index (χ4v) is 2.07. The smallest absolute Gasteiger partial charge is 0.314 e. The molecule has 3 aromatic rings. The Morgan fingerprint density at radius 3 is 2.62 bits per heavy atom. The van der Waals surface area contributed by atoms with Gasteiger partial charge in [-0.1, -0.05) is 12.1 Å². The number of aryl methyl sites for hydroxylation is 1. The van der Waals surface area contributed by atoms with Crippen molar-refractivity contribution in [2.45, 2.75) is 6.43 Å². The lowest BCUT2D eigenvalue weighted by Gasteiger charge is -2.10.